The van der Waals surface area contributed by atoms with Crippen LogP contribution in [0.25, 0.3) is 0 Å². The monoisotopic (exact) mass is 168 g/mol. The maximum Gasteiger partial charge on any atom is -0.0236 e. The Morgan fingerprint density at radius 3 is 2.33 bits per heavy atom. The predicted octanol–water partition coefficient (Wildman–Crippen LogP) is 4.56. The van der Waals surface area contributed by atoms with Gasteiger partial charge in [0.15, 0.2) is 0 Å². The Morgan fingerprint density at radius 1 is 1.08 bits per heavy atom. The van der Waals surface area contributed by atoms with Crippen LogP contribution < -0.4 is 0 Å². The fourth-order valence-electron chi connectivity index (χ4n) is 1.54. The van der Waals surface area contributed by atoms with Crippen LogP contribution in [0.5, 0.6) is 0 Å². The Balaban J connectivity index is 3.31. The maximum absolute atomic E-state index is 2.35. The van der Waals surface area contributed by atoms with Crippen molar-refractivity contribution >= 4 is 0 Å². The first-order valence-electron chi connectivity index (χ1n) is 5.47. The third kappa shape index (κ3) is 6.45. The Kier molecular flexibility index (Phi) is 8.64. The highest BCUT2D eigenvalue weighted by molar-refractivity contribution is 4.84. The fraction of sp³-hybridized carbons (Fsp3) is 0.833. The van der Waals surface area contributed by atoms with Crippen molar-refractivity contribution in [3.8, 4) is 0 Å². The zero-order valence-electron chi connectivity index (χ0n) is 8.97. The van der Waals surface area contributed by atoms with E-state index in [1.807, 2.05) is 0 Å². The summed E-state index contributed by atoms with van der Waals surface area (Å²) in [6.07, 6.45) is 12.8. The van der Waals surface area contributed by atoms with Gasteiger partial charge in [0.1, 0.15) is 0 Å². The summed E-state index contributed by atoms with van der Waals surface area (Å²) in [4.78, 5) is 0. The van der Waals surface area contributed by atoms with E-state index < -0.39 is 0 Å². The molecule has 1 unspecified atom stereocenters. The summed E-state index contributed by atoms with van der Waals surface area (Å²) < 4.78 is 0. The molecule has 0 bridgehead atoms. The highest BCUT2D eigenvalue weighted by Crippen LogP contribution is 2.15. The van der Waals surface area contributed by atoms with Gasteiger partial charge in [-0.15, -0.1) is 0 Å². The third-order valence-electron chi connectivity index (χ3n) is 2.42. The second kappa shape index (κ2) is 8.83. The average Bonchev–Trinajstić information content (AvgIpc) is 2.10. The molecule has 0 aliphatic carbocycles. The first-order chi connectivity index (χ1) is 5.85. The molecule has 72 valence electrons. The zero-order chi connectivity index (χ0) is 9.23. The third-order valence-corrected chi connectivity index (χ3v) is 2.42. The number of rotatable bonds is 7. The first kappa shape index (κ1) is 11.7. The molecule has 12 heavy (non-hydrogen) atoms. The van der Waals surface area contributed by atoms with E-state index in [0.717, 1.165) is 5.92 Å². The number of hydrogen-bond acceptors (Lipinski definition) is 0. The minimum atomic E-state index is 0.840. The lowest BCUT2D eigenvalue weighted by atomic mass is 9.98. The summed E-state index contributed by atoms with van der Waals surface area (Å²) >= 11 is 0. The van der Waals surface area contributed by atoms with Gasteiger partial charge in [0.05, 0.1) is 0 Å². The quantitative estimate of drug-likeness (QED) is 0.386. The van der Waals surface area contributed by atoms with Gasteiger partial charge in [0.25, 0.3) is 0 Å². The summed E-state index contributed by atoms with van der Waals surface area (Å²) in [6, 6.07) is 0. The Bertz CT molecular complexity index is 103. The van der Waals surface area contributed by atoms with Gasteiger partial charge in [-0.25, -0.2) is 0 Å². The normalized spacial score (nSPS) is 13.9. The van der Waals surface area contributed by atoms with Crippen LogP contribution in [0.2, 0.25) is 0 Å². The molecule has 0 aliphatic rings. The van der Waals surface area contributed by atoms with Gasteiger partial charge in [0.2, 0.25) is 0 Å². The van der Waals surface area contributed by atoms with Crippen molar-refractivity contribution in [1.82, 2.24) is 0 Å². The molecule has 0 heterocycles. The summed E-state index contributed by atoms with van der Waals surface area (Å²) in [5, 5.41) is 0. The SMILES string of the molecule is CC=CC(CC)CCCCCC. The molecule has 0 aromatic rings. The topological polar surface area (TPSA) is 0 Å². The molecule has 0 rings (SSSR count). The Hall–Kier alpha value is -0.260. The van der Waals surface area contributed by atoms with Crippen molar-refractivity contribution in [1.29, 1.82) is 0 Å². The number of unbranched alkanes of at least 4 members (excludes halogenated alkanes) is 3. The van der Waals surface area contributed by atoms with Gasteiger partial charge in [0, 0.05) is 0 Å². The van der Waals surface area contributed by atoms with Gasteiger partial charge in [-0.1, -0.05) is 51.7 Å². The highest BCUT2D eigenvalue weighted by atomic mass is 14.1. The van der Waals surface area contributed by atoms with Crippen LogP contribution >= 0.6 is 0 Å². The molecule has 0 amide bonds. The van der Waals surface area contributed by atoms with E-state index in [1.54, 1.807) is 0 Å². The summed E-state index contributed by atoms with van der Waals surface area (Å²) in [5.74, 6) is 0.840. The number of hydrogen-bond donors (Lipinski definition) is 0. The molecule has 0 aromatic heterocycles. The van der Waals surface area contributed by atoms with Crippen LogP contribution in [0.15, 0.2) is 12.2 Å². The van der Waals surface area contributed by atoms with Crippen molar-refractivity contribution in [3.05, 3.63) is 12.2 Å². The zero-order valence-corrected chi connectivity index (χ0v) is 8.97. The van der Waals surface area contributed by atoms with Crippen LogP contribution in [-0.4, -0.2) is 0 Å². The van der Waals surface area contributed by atoms with Gasteiger partial charge < -0.3 is 0 Å². The van der Waals surface area contributed by atoms with Crippen molar-refractivity contribution in [3.63, 3.8) is 0 Å². The maximum atomic E-state index is 2.35. The average molecular weight is 168 g/mol. The molecule has 0 fully saturated rings. The highest BCUT2D eigenvalue weighted by Gasteiger charge is 1.99. The van der Waals surface area contributed by atoms with Gasteiger partial charge in [-0.05, 0) is 25.7 Å². The minimum absolute atomic E-state index is 0.840. The van der Waals surface area contributed by atoms with Crippen molar-refractivity contribution < 1.29 is 0 Å². The molecular formula is C12H24. The van der Waals surface area contributed by atoms with Crippen LogP contribution in [0.4, 0.5) is 0 Å². The smallest absolute Gasteiger partial charge is 0.0236 e. The van der Waals surface area contributed by atoms with Crippen LogP contribution in [0.3, 0.4) is 0 Å². The largest absolute Gasteiger partial charge is 0.0914 e. The summed E-state index contributed by atoms with van der Waals surface area (Å²) in [5.41, 5.74) is 0. The summed E-state index contributed by atoms with van der Waals surface area (Å²) in [7, 11) is 0. The minimum Gasteiger partial charge on any atom is -0.0914 e. The van der Waals surface area contributed by atoms with E-state index >= 15 is 0 Å². The lowest BCUT2D eigenvalue weighted by Gasteiger charge is -2.08. The van der Waals surface area contributed by atoms with Crippen LogP contribution in [0, 0.1) is 5.92 Å². The van der Waals surface area contributed by atoms with Gasteiger partial charge in [-0.3, -0.25) is 0 Å². The molecule has 0 saturated heterocycles. The van der Waals surface area contributed by atoms with E-state index in [0.29, 0.717) is 0 Å². The van der Waals surface area contributed by atoms with E-state index in [9.17, 15) is 0 Å². The van der Waals surface area contributed by atoms with Crippen molar-refractivity contribution in [2.75, 3.05) is 0 Å². The van der Waals surface area contributed by atoms with E-state index in [1.165, 1.54) is 38.5 Å². The van der Waals surface area contributed by atoms with E-state index in [2.05, 4.69) is 32.9 Å². The van der Waals surface area contributed by atoms with E-state index in [4.69, 9.17) is 0 Å². The molecule has 0 heteroatoms. The second-order valence-electron chi connectivity index (χ2n) is 3.54. The van der Waals surface area contributed by atoms with Gasteiger partial charge in [-0.2, -0.15) is 0 Å². The fourth-order valence-corrected chi connectivity index (χ4v) is 1.54. The molecule has 0 aliphatic heterocycles. The molecule has 0 nitrogen and oxygen atoms in total. The van der Waals surface area contributed by atoms with Gasteiger partial charge >= 0.3 is 0 Å². The molecule has 0 radical (unpaired) electrons. The summed E-state index contributed by atoms with van der Waals surface area (Å²) in [6.45, 7) is 6.67. The lowest BCUT2D eigenvalue weighted by Crippen LogP contribution is -1.93. The van der Waals surface area contributed by atoms with Crippen molar-refractivity contribution in [2.45, 2.75) is 59.3 Å². The van der Waals surface area contributed by atoms with Crippen LogP contribution in [-0.2, 0) is 0 Å². The molecule has 1 atom stereocenters. The lowest BCUT2D eigenvalue weighted by molar-refractivity contribution is 0.518. The van der Waals surface area contributed by atoms with Crippen molar-refractivity contribution in [2.24, 2.45) is 5.92 Å². The molecule has 0 N–H and O–H groups in total. The van der Waals surface area contributed by atoms with E-state index in [-0.39, 0.29) is 0 Å². The Morgan fingerprint density at radius 2 is 1.83 bits per heavy atom. The second-order valence-corrected chi connectivity index (χ2v) is 3.54. The Labute approximate surface area is 78.1 Å². The molecule has 0 spiro atoms. The predicted molar refractivity (Wildman–Crippen MR) is 57.4 cm³/mol. The van der Waals surface area contributed by atoms with Crippen LogP contribution in [0.1, 0.15) is 59.3 Å². The molecule has 0 saturated carbocycles. The molecule has 0 aromatic carbocycles. The molecular weight excluding hydrogens is 144 g/mol. The number of allylic oxidation sites excluding steroid dienone is 2. The standard InChI is InChI=1S/C12H24/c1-4-7-8-9-11-12(6-3)10-5-2/h5,10,12H,4,6-9,11H2,1-3H3. The first-order valence-corrected chi connectivity index (χ1v) is 5.47.